The predicted molar refractivity (Wildman–Crippen MR) is 66.8 cm³/mol. The van der Waals surface area contributed by atoms with Gasteiger partial charge in [0.2, 0.25) is 6.40 Å². The summed E-state index contributed by atoms with van der Waals surface area (Å²) in [5, 5.41) is 6.09. The normalized spacial score (nSPS) is 10.4. The van der Waals surface area contributed by atoms with Gasteiger partial charge in [0.25, 0.3) is 6.73 Å². The van der Waals surface area contributed by atoms with Crippen molar-refractivity contribution in [1.29, 1.82) is 5.53 Å². The van der Waals surface area contributed by atoms with Gasteiger partial charge in [-0.15, -0.1) is 5.10 Å². The van der Waals surface area contributed by atoms with Crippen LogP contribution in [-0.4, -0.2) is 6.40 Å². The molecule has 0 bridgehead atoms. The lowest BCUT2D eigenvalue weighted by Gasteiger charge is -2.00. The van der Waals surface area contributed by atoms with Gasteiger partial charge in [-0.1, -0.05) is 30.3 Å². The quantitative estimate of drug-likeness (QED) is 0.282. The Morgan fingerprint density at radius 3 is 2.39 bits per heavy atom. The summed E-state index contributed by atoms with van der Waals surface area (Å²) in [7, 11) is 0. The Kier molecular flexibility index (Phi) is 4.13. The number of benzene rings is 1. The molecule has 2 aromatic rings. The van der Waals surface area contributed by atoms with E-state index in [0.29, 0.717) is 6.73 Å². The summed E-state index contributed by atoms with van der Waals surface area (Å²) in [6.07, 6.45) is 4.99. The fourth-order valence-electron chi connectivity index (χ4n) is 1.54. The molecule has 0 unspecified atom stereocenters. The Hall–Kier alpha value is -2.56. The zero-order valence-corrected chi connectivity index (χ0v) is 9.73. The second-order valence-corrected chi connectivity index (χ2v) is 3.58. The van der Waals surface area contributed by atoms with Crippen molar-refractivity contribution in [3.8, 4) is 11.1 Å². The van der Waals surface area contributed by atoms with Crippen LogP contribution in [0.3, 0.4) is 0 Å². The standard InChI is InChI=1S/C13H13N4O/c14-16-15-10-18-11-17-8-6-13(7-9-17)12-4-2-1-3-5-12/h1-10,14H,11H2/q+1. The third kappa shape index (κ3) is 3.21. The lowest BCUT2D eigenvalue weighted by atomic mass is 10.1. The van der Waals surface area contributed by atoms with E-state index >= 15 is 0 Å². The van der Waals surface area contributed by atoms with Gasteiger partial charge in [-0.25, -0.2) is 0 Å². The summed E-state index contributed by atoms with van der Waals surface area (Å²) >= 11 is 0. The summed E-state index contributed by atoms with van der Waals surface area (Å²) in [4.78, 5) is 0. The summed E-state index contributed by atoms with van der Waals surface area (Å²) < 4.78 is 6.93. The molecule has 1 aromatic heterocycles. The van der Waals surface area contributed by atoms with Gasteiger partial charge in [-0.05, 0) is 16.4 Å². The van der Waals surface area contributed by atoms with E-state index in [1.807, 2.05) is 47.3 Å². The van der Waals surface area contributed by atoms with Crippen molar-refractivity contribution in [2.45, 2.75) is 6.73 Å². The highest BCUT2D eigenvalue weighted by atomic mass is 16.5. The van der Waals surface area contributed by atoms with Crippen LogP contribution < -0.4 is 4.57 Å². The fourth-order valence-corrected chi connectivity index (χ4v) is 1.54. The molecule has 90 valence electrons. The summed E-state index contributed by atoms with van der Waals surface area (Å²) in [5.41, 5.74) is 8.78. The maximum atomic E-state index is 6.45. The van der Waals surface area contributed by atoms with Crippen LogP contribution in [0, 0.1) is 5.53 Å². The molecule has 0 saturated heterocycles. The van der Waals surface area contributed by atoms with E-state index in [2.05, 4.69) is 22.5 Å². The van der Waals surface area contributed by atoms with Gasteiger partial charge in [0, 0.05) is 12.1 Å². The zero-order valence-electron chi connectivity index (χ0n) is 9.73. The third-order valence-electron chi connectivity index (χ3n) is 2.40. The lowest BCUT2D eigenvalue weighted by molar-refractivity contribution is -0.726. The molecule has 0 aliphatic rings. The molecule has 5 heteroatoms. The SMILES string of the molecule is N=NN=COC[n+]1ccc(-c2ccccc2)cc1. The number of ether oxygens (including phenoxy) is 1. The van der Waals surface area contributed by atoms with Crippen molar-refractivity contribution < 1.29 is 9.30 Å². The van der Waals surface area contributed by atoms with Crippen LogP contribution in [0.15, 0.2) is 65.2 Å². The van der Waals surface area contributed by atoms with Crippen molar-refractivity contribution in [1.82, 2.24) is 0 Å². The molecule has 1 N–H and O–H groups in total. The second-order valence-electron chi connectivity index (χ2n) is 3.58. The Bertz CT molecular complexity index is 522. The summed E-state index contributed by atoms with van der Waals surface area (Å²) in [6, 6.07) is 14.2. The molecule has 2 rings (SSSR count). The molecular weight excluding hydrogens is 228 g/mol. The van der Waals surface area contributed by atoms with Gasteiger partial charge < -0.3 is 4.74 Å². The minimum Gasteiger partial charge on any atom is -0.423 e. The number of nitrogens with zero attached hydrogens (tertiary/aromatic N) is 3. The molecule has 1 aromatic carbocycles. The molecule has 0 saturated carbocycles. The largest absolute Gasteiger partial charge is 0.423 e. The molecule has 0 aliphatic heterocycles. The van der Waals surface area contributed by atoms with Crippen molar-refractivity contribution in [3.05, 3.63) is 54.9 Å². The topological polar surface area (TPSA) is 61.7 Å². The van der Waals surface area contributed by atoms with Crippen LogP contribution in [0.5, 0.6) is 0 Å². The molecule has 1 heterocycles. The lowest BCUT2D eigenvalue weighted by Crippen LogP contribution is -2.33. The number of rotatable bonds is 5. The first-order chi connectivity index (χ1) is 8.90. The maximum absolute atomic E-state index is 6.45. The van der Waals surface area contributed by atoms with Crippen LogP contribution in [0.1, 0.15) is 0 Å². The van der Waals surface area contributed by atoms with Crippen molar-refractivity contribution in [2.24, 2.45) is 10.3 Å². The number of pyridine rings is 1. The minimum absolute atomic E-state index is 0.341. The number of aromatic nitrogens is 1. The first-order valence-corrected chi connectivity index (χ1v) is 5.44. The number of hydrogen-bond acceptors (Lipinski definition) is 3. The maximum Gasteiger partial charge on any atom is 0.293 e. The Labute approximate surface area is 105 Å². The van der Waals surface area contributed by atoms with E-state index in [0.717, 1.165) is 12.0 Å². The van der Waals surface area contributed by atoms with Gasteiger partial charge in [0.05, 0.1) is 0 Å². The Balaban J connectivity index is 2.02. The summed E-state index contributed by atoms with van der Waals surface area (Å²) in [5.74, 6) is 0. The molecule has 0 radical (unpaired) electrons. The van der Waals surface area contributed by atoms with Crippen molar-refractivity contribution in [2.75, 3.05) is 0 Å². The van der Waals surface area contributed by atoms with E-state index in [-0.39, 0.29) is 0 Å². The molecular formula is C13H13N4O+. The van der Waals surface area contributed by atoms with Crippen LogP contribution in [0.4, 0.5) is 0 Å². The van der Waals surface area contributed by atoms with Crippen molar-refractivity contribution >= 4 is 6.40 Å². The van der Waals surface area contributed by atoms with E-state index in [1.54, 1.807) is 0 Å². The Morgan fingerprint density at radius 2 is 1.72 bits per heavy atom. The molecule has 18 heavy (non-hydrogen) atoms. The van der Waals surface area contributed by atoms with E-state index in [4.69, 9.17) is 10.3 Å². The van der Waals surface area contributed by atoms with E-state index < -0.39 is 0 Å². The molecule has 0 amide bonds. The third-order valence-corrected chi connectivity index (χ3v) is 2.40. The van der Waals surface area contributed by atoms with Crippen LogP contribution in [0.2, 0.25) is 0 Å². The highest BCUT2D eigenvalue weighted by Gasteiger charge is 2.01. The first-order valence-electron chi connectivity index (χ1n) is 5.44. The van der Waals surface area contributed by atoms with Gasteiger partial charge >= 0.3 is 0 Å². The predicted octanol–water partition coefficient (Wildman–Crippen LogP) is 2.59. The highest BCUT2D eigenvalue weighted by molar-refractivity contribution is 5.61. The smallest absolute Gasteiger partial charge is 0.293 e. The van der Waals surface area contributed by atoms with Gasteiger partial charge in [-0.3, -0.25) is 0 Å². The van der Waals surface area contributed by atoms with Gasteiger partial charge in [0.15, 0.2) is 12.4 Å². The molecule has 0 spiro atoms. The van der Waals surface area contributed by atoms with Gasteiger partial charge in [-0.2, -0.15) is 10.1 Å². The fraction of sp³-hybridized carbons (Fsp3) is 0.0769. The molecule has 0 fully saturated rings. The van der Waals surface area contributed by atoms with Gasteiger partial charge in [0.1, 0.15) is 0 Å². The number of nitrogens with one attached hydrogen (secondary N) is 1. The molecule has 0 atom stereocenters. The molecule has 0 aliphatic carbocycles. The average molecular weight is 241 g/mol. The van der Waals surface area contributed by atoms with E-state index in [1.165, 1.54) is 5.56 Å². The monoisotopic (exact) mass is 241 g/mol. The Morgan fingerprint density at radius 1 is 1.06 bits per heavy atom. The molecule has 5 nitrogen and oxygen atoms in total. The minimum atomic E-state index is 0.341. The highest BCUT2D eigenvalue weighted by Crippen LogP contribution is 2.16. The average Bonchev–Trinajstić information content (AvgIpc) is 2.45. The zero-order chi connectivity index (χ0) is 12.6. The number of hydrogen-bond donors (Lipinski definition) is 1. The second kappa shape index (κ2) is 6.24. The first kappa shape index (κ1) is 11.9. The van der Waals surface area contributed by atoms with Crippen LogP contribution >= 0.6 is 0 Å². The van der Waals surface area contributed by atoms with Crippen molar-refractivity contribution in [3.63, 3.8) is 0 Å². The van der Waals surface area contributed by atoms with E-state index in [9.17, 15) is 0 Å². The summed E-state index contributed by atoms with van der Waals surface area (Å²) in [6.45, 7) is 0.341. The van der Waals surface area contributed by atoms with Crippen LogP contribution in [0.25, 0.3) is 11.1 Å². The van der Waals surface area contributed by atoms with Crippen LogP contribution in [-0.2, 0) is 11.5 Å².